The van der Waals surface area contributed by atoms with E-state index in [1.54, 1.807) is 0 Å². The van der Waals surface area contributed by atoms with E-state index in [1.807, 2.05) is 25.3 Å². The second kappa shape index (κ2) is 5.60. The fourth-order valence-electron chi connectivity index (χ4n) is 1.04. The van der Waals surface area contributed by atoms with E-state index in [2.05, 4.69) is 24.1 Å². The minimum atomic E-state index is 0.504. The smallest absolute Gasteiger partial charge is 0.213 e. The summed E-state index contributed by atoms with van der Waals surface area (Å²) in [5.41, 5.74) is 1.15. The van der Waals surface area contributed by atoms with Crippen molar-refractivity contribution < 1.29 is 4.74 Å². The maximum absolute atomic E-state index is 5.44. The molecule has 0 radical (unpaired) electrons. The van der Waals surface area contributed by atoms with Gasteiger partial charge >= 0.3 is 0 Å². The molecule has 0 aliphatic rings. The summed E-state index contributed by atoms with van der Waals surface area (Å²) in [5, 5.41) is 3.27. The number of ether oxygens (including phenoxy) is 1. The van der Waals surface area contributed by atoms with Crippen molar-refractivity contribution in [1.29, 1.82) is 0 Å². The van der Waals surface area contributed by atoms with Crippen molar-refractivity contribution >= 4 is 0 Å². The van der Waals surface area contributed by atoms with Crippen molar-refractivity contribution in [1.82, 2.24) is 10.3 Å². The molecule has 0 unspecified atom stereocenters. The van der Waals surface area contributed by atoms with Gasteiger partial charge in [-0.2, -0.15) is 0 Å². The van der Waals surface area contributed by atoms with E-state index in [0.717, 1.165) is 12.1 Å². The fraction of sp³-hybridized carbons (Fsp3) is 0.545. The zero-order chi connectivity index (χ0) is 10.4. The van der Waals surface area contributed by atoms with Gasteiger partial charge in [0, 0.05) is 24.8 Å². The molecule has 0 amide bonds. The minimum Gasteiger partial charge on any atom is -0.476 e. The molecular weight excluding hydrogens is 176 g/mol. The van der Waals surface area contributed by atoms with Gasteiger partial charge in [-0.05, 0) is 12.5 Å². The van der Waals surface area contributed by atoms with E-state index in [4.69, 9.17) is 4.74 Å². The third-order valence-electron chi connectivity index (χ3n) is 1.79. The molecule has 1 N–H and O–H groups in total. The predicted molar refractivity (Wildman–Crippen MR) is 57.6 cm³/mol. The number of aromatic nitrogens is 1. The van der Waals surface area contributed by atoms with Crippen LogP contribution >= 0.6 is 0 Å². The molecule has 3 nitrogen and oxygen atoms in total. The van der Waals surface area contributed by atoms with E-state index in [1.165, 1.54) is 0 Å². The monoisotopic (exact) mass is 194 g/mol. The highest BCUT2D eigenvalue weighted by molar-refractivity contribution is 5.16. The molecule has 78 valence electrons. The third-order valence-corrected chi connectivity index (χ3v) is 1.79. The van der Waals surface area contributed by atoms with Crippen molar-refractivity contribution in [3.8, 4) is 5.88 Å². The van der Waals surface area contributed by atoms with E-state index in [0.29, 0.717) is 18.5 Å². The Bertz CT molecular complexity index is 256. The van der Waals surface area contributed by atoms with Gasteiger partial charge in [0.05, 0.1) is 0 Å². The van der Waals surface area contributed by atoms with E-state index >= 15 is 0 Å². The summed E-state index contributed by atoms with van der Waals surface area (Å²) in [6, 6.07) is 4.40. The number of hydrogen-bond donors (Lipinski definition) is 1. The maximum atomic E-state index is 5.44. The second-order valence-corrected chi connectivity index (χ2v) is 3.63. The molecule has 0 spiro atoms. The zero-order valence-corrected chi connectivity index (χ0v) is 9.08. The molecule has 0 bridgehead atoms. The van der Waals surface area contributed by atoms with Gasteiger partial charge in [-0.3, -0.25) is 0 Å². The van der Waals surface area contributed by atoms with Gasteiger partial charge in [0.15, 0.2) is 0 Å². The Morgan fingerprint density at radius 2 is 2.21 bits per heavy atom. The topological polar surface area (TPSA) is 34.1 Å². The van der Waals surface area contributed by atoms with Crippen LogP contribution in [0.2, 0.25) is 0 Å². The molecule has 0 saturated carbocycles. The van der Waals surface area contributed by atoms with Crippen LogP contribution in [-0.4, -0.2) is 24.2 Å². The maximum Gasteiger partial charge on any atom is 0.213 e. The molecule has 0 fully saturated rings. The number of pyridine rings is 1. The highest BCUT2D eigenvalue weighted by Gasteiger charge is 1.95. The number of nitrogens with zero attached hydrogens (tertiary/aromatic N) is 1. The normalized spacial score (nSPS) is 10.6. The number of rotatable bonds is 5. The molecule has 1 rings (SSSR count). The van der Waals surface area contributed by atoms with Crippen LogP contribution in [0.4, 0.5) is 0 Å². The molecule has 0 saturated heterocycles. The Morgan fingerprint density at radius 1 is 1.43 bits per heavy atom. The Kier molecular flexibility index (Phi) is 4.40. The van der Waals surface area contributed by atoms with E-state index in [9.17, 15) is 0 Å². The average molecular weight is 194 g/mol. The summed E-state index contributed by atoms with van der Waals surface area (Å²) in [5.74, 6) is 0.696. The Hall–Kier alpha value is -1.09. The zero-order valence-electron chi connectivity index (χ0n) is 9.08. The van der Waals surface area contributed by atoms with Crippen molar-refractivity contribution in [2.75, 3.05) is 13.2 Å². The summed E-state index contributed by atoms with van der Waals surface area (Å²) in [6.45, 7) is 7.76. The SMILES string of the molecule is Cc1ccc(OCCNC(C)C)nc1. The molecule has 0 aliphatic heterocycles. The summed E-state index contributed by atoms with van der Waals surface area (Å²) in [7, 11) is 0. The lowest BCUT2D eigenvalue weighted by molar-refractivity contribution is 0.298. The molecule has 3 heteroatoms. The molecule has 14 heavy (non-hydrogen) atoms. The first-order valence-electron chi connectivity index (χ1n) is 4.97. The molecule has 1 heterocycles. The molecule has 1 aromatic rings. The van der Waals surface area contributed by atoms with Gasteiger partial charge in [-0.15, -0.1) is 0 Å². The molecule has 0 aliphatic carbocycles. The quantitative estimate of drug-likeness (QED) is 0.725. The first-order valence-corrected chi connectivity index (χ1v) is 4.97. The number of hydrogen-bond acceptors (Lipinski definition) is 3. The van der Waals surface area contributed by atoms with Crippen LogP contribution in [0, 0.1) is 6.92 Å². The Labute approximate surface area is 85.5 Å². The van der Waals surface area contributed by atoms with Crippen LogP contribution < -0.4 is 10.1 Å². The first-order chi connectivity index (χ1) is 6.68. The van der Waals surface area contributed by atoms with Crippen LogP contribution in [-0.2, 0) is 0 Å². The summed E-state index contributed by atoms with van der Waals surface area (Å²) >= 11 is 0. The van der Waals surface area contributed by atoms with Gasteiger partial charge < -0.3 is 10.1 Å². The highest BCUT2D eigenvalue weighted by atomic mass is 16.5. The Morgan fingerprint density at radius 3 is 2.79 bits per heavy atom. The van der Waals surface area contributed by atoms with Crippen LogP contribution in [0.3, 0.4) is 0 Å². The van der Waals surface area contributed by atoms with Gasteiger partial charge in [0.2, 0.25) is 5.88 Å². The van der Waals surface area contributed by atoms with Gasteiger partial charge in [-0.1, -0.05) is 19.9 Å². The van der Waals surface area contributed by atoms with E-state index < -0.39 is 0 Å². The highest BCUT2D eigenvalue weighted by Crippen LogP contribution is 2.05. The first kappa shape index (κ1) is 11.0. The number of nitrogens with one attached hydrogen (secondary N) is 1. The lowest BCUT2D eigenvalue weighted by Gasteiger charge is -2.08. The summed E-state index contributed by atoms with van der Waals surface area (Å²) in [6.07, 6.45) is 1.81. The summed E-state index contributed by atoms with van der Waals surface area (Å²) < 4.78 is 5.44. The van der Waals surface area contributed by atoms with E-state index in [-0.39, 0.29) is 0 Å². The van der Waals surface area contributed by atoms with Crippen molar-refractivity contribution in [3.05, 3.63) is 23.9 Å². The molecule has 0 aromatic carbocycles. The van der Waals surface area contributed by atoms with Crippen LogP contribution in [0.5, 0.6) is 5.88 Å². The Balaban J connectivity index is 2.21. The largest absolute Gasteiger partial charge is 0.476 e. The van der Waals surface area contributed by atoms with Crippen molar-refractivity contribution in [3.63, 3.8) is 0 Å². The lowest BCUT2D eigenvalue weighted by Crippen LogP contribution is -2.27. The van der Waals surface area contributed by atoms with Crippen LogP contribution in [0.15, 0.2) is 18.3 Å². The van der Waals surface area contributed by atoms with Gasteiger partial charge in [-0.25, -0.2) is 4.98 Å². The van der Waals surface area contributed by atoms with Crippen LogP contribution in [0.1, 0.15) is 19.4 Å². The fourth-order valence-corrected chi connectivity index (χ4v) is 1.04. The third kappa shape index (κ3) is 4.23. The van der Waals surface area contributed by atoms with Gasteiger partial charge in [0.1, 0.15) is 6.61 Å². The average Bonchev–Trinajstić information content (AvgIpc) is 2.15. The molecule has 1 aromatic heterocycles. The number of aryl methyl sites for hydroxylation is 1. The van der Waals surface area contributed by atoms with Crippen molar-refractivity contribution in [2.24, 2.45) is 0 Å². The van der Waals surface area contributed by atoms with Crippen molar-refractivity contribution in [2.45, 2.75) is 26.8 Å². The summed E-state index contributed by atoms with van der Waals surface area (Å²) in [4.78, 5) is 4.14. The van der Waals surface area contributed by atoms with Gasteiger partial charge in [0.25, 0.3) is 0 Å². The second-order valence-electron chi connectivity index (χ2n) is 3.63. The standard InChI is InChI=1S/C11H18N2O/c1-9(2)12-6-7-14-11-5-4-10(3)8-13-11/h4-5,8-9,12H,6-7H2,1-3H3. The minimum absolute atomic E-state index is 0.504. The molecule has 0 atom stereocenters. The lowest BCUT2D eigenvalue weighted by atomic mass is 10.3. The predicted octanol–water partition coefficient (Wildman–Crippen LogP) is 1.77. The van der Waals surface area contributed by atoms with Crippen LogP contribution in [0.25, 0.3) is 0 Å². The molecular formula is C11H18N2O.